The first-order chi connectivity index (χ1) is 24.7. The molecule has 0 radical (unpaired) electrons. The van der Waals surface area contributed by atoms with E-state index in [9.17, 15) is 24.3 Å². The minimum atomic E-state index is -1.14. The number of rotatable bonds is 9. The molecule has 2 N–H and O–H groups in total. The fraction of sp³-hybridized carbons (Fsp3) is 0.911. The predicted molar refractivity (Wildman–Crippen MR) is 205 cm³/mol. The lowest BCUT2D eigenvalue weighted by atomic mass is 9.32. The van der Waals surface area contributed by atoms with Crippen molar-refractivity contribution >= 4 is 23.8 Å². The van der Waals surface area contributed by atoms with Crippen LogP contribution in [0.3, 0.4) is 0 Å². The second-order valence-electron chi connectivity index (χ2n) is 22.0. The second kappa shape index (κ2) is 13.2. The highest BCUT2D eigenvalue weighted by atomic mass is 16.5. The summed E-state index contributed by atoms with van der Waals surface area (Å²) < 4.78 is 6.20. The Kier molecular flexibility index (Phi) is 9.77. The van der Waals surface area contributed by atoms with Crippen LogP contribution in [0, 0.1) is 73.9 Å². The number of amides is 2. The highest BCUT2D eigenvalue weighted by Gasteiger charge is 2.71. The van der Waals surface area contributed by atoms with Crippen molar-refractivity contribution < 1.29 is 29.0 Å². The number of likely N-dealkylation sites (tertiary alicyclic amines) is 1. The Labute approximate surface area is 320 Å². The van der Waals surface area contributed by atoms with E-state index in [1.807, 2.05) is 0 Å². The molecule has 0 aromatic heterocycles. The van der Waals surface area contributed by atoms with Gasteiger partial charge in [0.2, 0.25) is 11.8 Å². The normalized spacial score (nSPS) is 43.3. The van der Waals surface area contributed by atoms with E-state index >= 15 is 0 Å². The van der Waals surface area contributed by atoms with Gasteiger partial charge in [-0.2, -0.15) is 0 Å². The van der Waals surface area contributed by atoms with Gasteiger partial charge >= 0.3 is 11.9 Å². The number of carboxylic acids is 1. The van der Waals surface area contributed by atoms with E-state index in [4.69, 9.17) is 4.74 Å². The summed E-state index contributed by atoms with van der Waals surface area (Å²) in [6.07, 6.45) is 14.7. The molecule has 6 aliphatic carbocycles. The number of ether oxygens (including phenoxy) is 1. The molecule has 0 unspecified atom stereocenters. The van der Waals surface area contributed by atoms with Gasteiger partial charge in [-0.3, -0.25) is 19.2 Å². The molecule has 8 nitrogen and oxygen atoms in total. The fourth-order valence-corrected chi connectivity index (χ4v) is 14.8. The maximum absolute atomic E-state index is 14.2. The van der Waals surface area contributed by atoms with Crippen LogP contribution in [0.4, 0.5) is 0 Å². The largest absolute Gasteiger partial charge is 0.481 e. The SMILES string of the molecule is CC(C)[C@@H]1CC[C@]2(CC(=O)N3CC[C@@H](NC(=O)C4CC4)C3)CC[C@]3(C)[C@H](CC[C@@H]4[C@@]5(C)CC[C@H](OC(=O)CC(C)(C)C(=O)O)C(C)(C)[C@@H]5CC[C@]43C)[C@@H]12. The third-order valence-electron chi connectivity index (χ3n) is 18.2. The van der Waals surface area contributed by atoms with E-state index in [-0.39, 0.29) is 57.5 Å². The third-order valence-corrected chi connectivity index (χ3v) is 18.2. The molecule has 1 heterocycles. The molecular formula is C45H72N2O6. The van der Waals surface area contributed by atoms with E-state index in [0.717, 1.165) is 51.5 Å². The molecule has 0 spiro atoms. The van der Waals surface area contributed by atoms with Crippen molar-refractivity contribution in [1.29, 1.82) is 0 Å². The van der Waals surface area contributed by atoms with E-state index in [0.29, 0.717) is 54.4 Å². The van der Waals surface area contributed by atoms with Crippen molar-refractivity contribution in [2.75, 3.05) is 13.1 Å². The molecule has 1 aliphatic heterocycles. The summed E-state index contributed by atoms with van der Waals surface area (Å²) in [7, 11) is 0. The molecular weight excluding hydrogens is 665 g/mol. The van der Waals surface area contributed by atoms with Crippen molar-refractivity contribution in [2.24, 2.45) is 73.9 Å². The quantitative estimate of drug-likeness (QED) is 0.229. The molecule has 8 heteroatoms. The number of carbonyl (C=O) groups excluding carboxylic acids is 3. The average Bonchev–Trinajstić information content (AvgIpc) is 3.70. The van der Waals surface area contributed by atoms with Gasteiger partial charge in [-0.25, -0.2) is 0 Å². The highest BCUT2D eigenvalue weighted by molar-refractivity contribution is 5.82. The molecule has 11 atom stereocenters. The number of carbonyl (C=O) groups is 4. The van der Waals surface area contributed by atoms with Crippen LogP contribution in [0.1, 0.15) is 159 Å². The van der Waals surface area contributed by atoms with Gasteiger partial charge in [0, 0.05) is 36.9 Å². The summed E-state index contributed by atoms with van der Waals surface area (Å²) in [6.45, 7) is 22.0. The van der Waals surface area contributed by atoms with Crippen LogP contribution >= 0.6 is 0 Å². The smallest absolute Gasteiger partial charge is 0.309 e. The summed E-state index contributed by atoms with van der Waals surface area (Å²) in [5.41, 5.74) is -0.702. The number of fused-ring (bicyclic) bond motifs is 7. The Balaban J connectivity index is 1.09. The Hall–Kier alpha value is -2.12. The zero-order valence-corrected chi connectivity index (χ0v) is 34.7. The van der Waals surface area contributed by atoms with E-state index in [1.54, 1.807) is 13.8 Å². The number of nitrogens with zero attached hydrogens (tertiary/aromatic N) is 1. The zero-order chi connectivity index (χ0) is 38.5. The van der Waals surface area contributed by atoms with Crippen LogP contribution < -0.4 is 5.32 Å². The van der Waals surface area contributed by atoms with Gasteiger partial charge in [0.1, 0.15) is 6.10 Å². The highest BCUT2D eigenvalue weighted by Crippen LogP contribution is 2.78. The van der Waals surface area contributed by atoms with E-state index in [1.165, 1.54) is 38.5 Å². The number of nitrogens with one attached hydrogen (secondary N) is 1. The minimum Gasteiger partial charge on any atom is -0.481 e. The van der Waals surface area contributed by atoms with Crippen molar-refractivity contribution in [3.8, 4) is 0 Å². The molecule has 7 aliphatic rings. The van der Waals surface area contributed by atoms with Crippen LogP contribution in [0.25, 0.3) is 0 Å². The number of hydrogen-bond acceptors (Lipinski definition) is 5. The average molecular weight is 737 g/mol. The molecule has 6 saturated carbocycles. The standard InChI is InChI=1S/C45H72N2O6/c1-27(2)30-14-20-45(24-35(48)47-23-17-29(26-47)46-38(50)28-10-11-28)22-21-43(8)31(37(30)45)12-13-33-42(7)18-16-34(53-36(49)25-40(3,4)39(51)52)41(5,6)32(42)15-19-44(33,43)9/h27-34,37H,10-26H2,1-9H3,(H,46,50)(H,51,52)/t29-,30+,31-,32+,33-,34+,37-,42+,43-,44-,45-/m1/s1. The van der Waals surface area contributed by atoms with Gasteiger partial charge in [-0.15, -0.1) is 0 Å². The van der Waals surface area contributed by atoms with Crippen molar-refractivity contribution in [3.63, 3.8) is 0 Å². The first-order valence-corrected chi connectivity index (χ1v) is 21.7. The fourth-order valence-electron chi connectivity index (χ4n) is 14.8. The maximum atomic E-state index is 14.2. The second-order valence-corrected chi connectivity index (χ2v) is 22.0. The first kappa shape index (κ1) is 39.1. The van der Waals surface area contributed by atoms with Crippen LogP contribution in [0.15, 0.2) is 0 Å². The molecule has 2 amide bonds. The summed E-state index contributed by atoms with van der Waals surface area (Å²) >= 11 is 0. The van der Waals surface area contributed by atoms with Crippen molar-refractivity contribution in [1.82, 2.24) is 10.2 Å². The zero-order valence-electron chi connectivity index (χ0n) is 34.7. The Bertz CT molecular complexity index is 1480. The molecule has 298 valence electrons. The first-order valence-electron chi connectivity index (χ1n) is 21.7. The van der Waals surface area contributed by atoms with Crippen LogP contribution in [-0.2, 0) is 23.9 Å². The molecule has 0 aromatic rings. The minimum absolute atomic E-state index is 0.0783. The molecule has 0 aromatic carbocycles. The number of esters is 1. The van der Waals surface area contributed by atoms with Gasteiger partial charge in [0.15, 0.2) is 0 Å². The maximum Gasteiger partial charge on any atom is 0.309 e. The van der Waals surface area contributed by atoms with Gasteiger partial charge in [0.05, 0.1) is 11.8 Å². The predicted octanol–water partition coefficient (Wildman–Crippen LogP) is 8.65. The molecule has 7 fully saturated rings. The van der Waals surface area contributed by atoms with Gasteiger partial charge in [-0.05, 0) is 154 Å². The van der Waals surface area contributed by atoms with Crippen LogP contribution in [-0.4, -0.2) is 59.0 Å². The Morgan fingerprint density at radius 2 is 1.55 bits per heavy atom. The number of hydrogen-bond donors (Lipinski definition) is 2. The van der Waals surface area contributed by atoms with Crippen LogP contribution in [0.2, 0.25) is 0 Å². The summed E-state index contributed by atoms with van der Waals surface area (Å²) in [5.74, 6) is 2.82. The Morgan fingerprint density at radius 1 is 0.830 bits per heavy atom. The molecule has 53 heavy (non-hydrogen) atoms. The number of aliphatic carboxylic acids is 1. The monoisotopic (exact) mass is 737 g/mol. The molecule has 0 bridgehead atoms. The molecule has 1 saturated heterocycles. The van der Waals surface area contributed by atoms with Gasteiger partial charge in [0.25, 0.3) is 0 Å². The van der Waals surface area contributed by atoms with Crippen molar-refractivity contribution in [2.45, 2.75) is 171 Å². The molecule has 7 rings (SSSR count). The lowest BCUT2D eigenvalue weighted by Crippen LogP contribution is -2.67. The van der Waals surface area contributed by atoms with Crippen LogP contribution in [0.5, 0.6) is 0 Å². The van der Waals surface area contributed by atoms with E-state index in [2.05, 4.69) is 58.7 Å². The summed E-state index contributed by atoms with van der Waals surface area (Å²) in [6, 6.07) is 0.102. The topological polar surface area (TPSA) is 113 Å². The Morgan fingerprint density at radius 3 is 2.21 bits per heavy atom. The van der Waals surface area contributed by atoms with Gasteiger partial charge in [-0.1, -0.05) is 48.5 Å². The third kappa shape index (κ3) is 6.29. The lowest BCUT2D eigenvalue weighted by Gasteiger charge is -2.73. The summed E-state index contributed by atoms with van der Waals surface area (Å²) in [5, 5.41) is 12.9. The van der Waals surface area contributed by atoms with Crippen molar-refractivity contribution in [3.05, 3.63) is 0 Å². The van der Waals surface area contributed by atoms with E-state index < -0.39 is 17.4 Å². The lowest BCUT2D eigenvalue weighted by molar-refractivity contribution is -0.252. The van der Waals surface area contributed by atoms with Gasteiger partial charge < -0.3 is 20.1 Å². The summed E-state index contributed by atoms with van der Waals surface area (Å²) in [4.78, 5) is 53.7. The number of carboxylic acid groups (broad SMARTS) is 1.